The Bertz CT molecular complexity index is 297. The molecule has 1 atom stereocenters. The van der Waals surface area contributed by atoms with E-state index in [-0.39, 0.29) is 0 Å². The van der Waals surface area contributed by atoms with Crippen molar-refractivity contribution < 1.29 is 0 Å². The second kappa shape index (κ2) is 4.73. The summed E-state index contributed by atoms with van der Waals surface area (Å²) in [6, 6.07) is 0.707. The molecule has 5 rings (SSSR count). The SMILES string of the molecule is CC(NN1CCCCC1)C12CC3CC(CC(C3)C1)C2. The van der Waals surface area contributed by atoms with Gasteiger partial charge in [0.1, 0.15) is 0 Å². The van der Waals surface area contributed by atoms with Crippen LogP contribution in [0.5, 0.6) is 0 Å². The lowest BCUT2D eigenvalue weighted by atomic mass is 9.48. The molecule has 0 aromatic rings. The molecule has 0 spiro atoms. The zero-order valence-corrected chi connectivity index (χ0v) is 12.5. The quantitative estimate of drug-likeness (QED) is 0.836. The van der Waals surface area contributed by atoms with Crippen LogP contribution in [0.2, 0.25) is 0 Å². The zero-order chi connectivity index (χ0) is 12.9. The normalized spacial score (nSPS) is 47.5. The Labute approximate surface area is 118 Å². The van der Waals surface area contributed by atoms with Gasteiger partial charge in [-0.25, -0.2) is 5.01 Å². The maximum atomic E-state index is 3.91. The van der Waals surface area contributed by atoms with Crippen molar-refractivity contribution in [3.8, 4) is 0 Å². The molecular weight excluding hydrogens is 232 g/mol. The van der Waals surface area contributed by atoms with Crippen molar-refractivity contribution >= 4 is 0 Å². The fraction of sp³-hybridized carbons (Fsp3) is 1.00. The highest BCUT2D eigenvalue weighted by molar-refractivity contribution is 5.05. The van der Waals surface area contributed by atoms with Crippen molar-refractivity contribution in [3.05, 3.63) is 0 Å². The molecule has 5 aliphatic rings. The van der Waals surface area contributed by atoms with E-state index in [0.717, 1.165) is 17.8 Å². The lowest BCUT2D eigenvalue weighted by molar-refractivity contribution is -0.0847. The van der Waals surface area contributed by atoms with Gasteiger partial charge < -0.3 is 0 Å². The van der Waals surface area contributed by atoms with Gasteiger partial charge in [-0.2, -0.15) is 0 Å². The highest BCUT2D eigenvalue weighted by Crippen LogP contribution is 2.61. The van der Waals surface area contributed by atoms with Crippen molar-refractivity contribution in [1.82, 2.24) is 10.4 Å². The van der Waals surface area contributed by atoms with Crippen LogP contribution in [-0.2, 0) is 0 Å². The number of nitrogens with one attached hydrogen (secondary N) is 1. The molecule has 2 nitrogen and oxygen atoms in total. The van der Waals surface area contributed by atoms with E-state index in [2.05, 4.69) is 17.4 Å². The lowest BCUT2D eigenvalue weighted by Gasteiger charge is -2.59. The second-order valence-electron chi connectivity index (χ2n) is 8.18. The molecule has 108 valence electrons. The van der Waals surface area contributed by atoms with Crippen LogP contribution in [0.3, 0.4) is 0 Å². The van der Waals surface area contributed by atoms with Crippen LogP contribution in [0.4, 0.5) is 0 Å². The van der Waals surface area contributed by atoms with Gasteiger partial charge in [-0.05, 0) is 81.5 Å². The fourth-order valence-corrected chi connectivity index (χ4v) is 6.14. The van der Waals surface area contributed by atoms with E-state index in [1.54, 1.807) is 19.3 Å². The number of nitrogens with zero attached hydrogens (tertiary/aromatic N) is 1. The molecule has 1 saturated heterocycles. The molecule has 1 N–H and O–H groups in total. The van der Waals surface area contributed by atoms with Gasteiger partial charge in [-0.3, -0.25) is 5.43 Å². The predicted octanol–water partition coefficient (Wildman–Crippen LogP) is 3.58. The first-order chi connectivity index (χ1) is 9.23. The summed E-state index contributed by atoms with van der Waals surface area (Å²) in [7, 11) is 0. The summed E-state index contributed by atoms with van der Waals surface area (Å²) in [5, 5.41) is 2.53. The monoisotopic (exact) mass is 262 g/mol. The number of rotatable bonds is 3. The standard InChI is InChI=1S/C17H30N2/c1-13(18-19-5-3-2-4-6-19)17-10-14-7-15(11-17)9-16(8-14)12-17/h13-16,18H,2-12H2,1H3. The summed E-state index contributed by atoms with van der Waals surface area (Å²) in [5.74, 6) is 3.24. The molecular formula is C17H30N2. The van der Waals surface area contributed by atoms with Crippen molar-refractivity contribution in [1.29, 1.82) is 0 Å². The van der Waals surface area contributed by atoms with E-state index in [1.807, 2.05) is 0 Å². The second-order valence-corrected chi connectivity index (χ2v) is 8.18. The third-order valence-electron chi connectivity index (χ3n) is 6.74. The Morgan fingerprint density at radius 2 is 1.42 bits per heavy atom. The van der Waals surface area contributed by atoms with Crippen molar-refractivity contribution in [3.63, 3.8) is 0 Å². The molecule has 5 fully saturated rings. The topological polar surface area (TPSA) is 15.3 Å². The smallest absolute Gasteiger partial charge is 0.0243 e. The Kier molecular flexibility index (Phi) is 3.15. The molecule has 19 heavy (non-hydrogen) atoms. The molecule has 2 heteroatoms. The molecule has 1 aliphatic heterocycles. The van der Waals surface area contributed by atoms with E-state index >= 15 is 0 Å². The summed E-state index contributed by atoms with van der Waals surface area (Å²) < 4.78 is 0. The minimum absolute atomic E-state index is 0.659. The molecule has 0 aromatic carbocycles. The summed E-state index contributed by atoms with van der Waals surface area (Å²) in [4.78, 5) is 0. The maximum Gasteiger partial charge on any atom is 0.0243 e. The van der Waals surface area contributed by atoms with Gasteiger partial charge in [0.25, 0.3) is 0 Å². The number of hydrogen-bond donors (Lipinski definition) is 1. The Balaban J connectivity index is 1.45. The average molecular weight is 262 g/mol. The minimum Gasteiger partial charge on any atom is -0.252 e. The van der Waals surface area contributed by atoms with E-state index < -0.39 is 0 Å². The molecule has 1 heterocycles. The van der Waals surface area contributed by atoms with Gasteiger partial charge in [0.15, 0.2) is 0 Å². The van der Waals surface area contributed by atoms with E-state index in [9.17, 15) is 0 Å². The van der Waals surface area contributed by atoms with Gasteiger partial charge in [-0.15, -0.1) is 0 Å². The highest BCUT2D eigenvalue weighted by atomic mass is 15.5. The van der Waals surface area contributed by atoms with Crippen LogP contribution in [0.15, 0.2) is 0 Å². The van der Waals surface area contributed by atoms with Gasteiger partial charge in [0.2, 0.25) is 0 Å². The molecule has 1 unspecified atom stereocenters. The molecule has 0 radical (unpaired) electrons. The third kappa shape index (κ3) is 2.25. The zero-order valence-electron chi connectivity index (χ0n) is 12.5. The minimum atomic E-state index is 0.659. The van der Waals surface area contributed by atoms with Crippen molar-refractivity contribution in [2.75, 3.05) is 13.1 Å². The van der Waals surface area contributed by atoms with Crippen LogP contribution >= 0.6 is 0 Å². The number of hydrazine groups is 1. The van der Waals surface area contributed by atoms with Gasteiger partial charge >= 0.3 is 0 Å². The van der Waals surface area contributed by atoms with E-state index in [4.69, 9.17) is 0 Å². The van der Waals surface area contributed by atoms with Crippen LogP contribution in [0, 0.1) is 23.2 Å². The Hall–Kier alpha value is -0.0800. The first kappa shape index (κ1) is 12.6. The fourth-order valence-electron chi connectivity index (χ4n) is 6.14. The number of hydrogen-bond acceptors (Lipinski definition) is 2. The Morgan fingerprint density at radius 3 is 1.95 bits per heavy atom. The van der Waals surface area contributed by atoms with E-state index in [0.29, 0.717) is 11.5 Å². The summed E-state index contributed by atoms with van der Waals surface area (Å²) >= 11 is 0. The lowest BCUT2D eigenvalue weighted by Crippen LogP contribution is -2.58. The van der Waals surface area contributed by atoms with Gasteiger partial charge in [-0.1, -0.05) is 6.42 Å². The number of piperidine rings is 1. The highest BCUT2D eigenvalue weighted by Gasteiger charge is 2.53. The van der Waals surface area contributed by atoms with Gasteiger partial charge in [0.05, 0.1) is 0 Å². The maximum absolute atomic E-state index is 3.91. The summed E-state index contributed by atoms with van der Waals surface area (Å²) in [6.45, 7) is 5.04. The average Bonchev–Trinajstić information content (AvgIpc) is 2.38. The van der Waals surface area contributed by atoms with Crippen LogP contribution in [0.1, 0.15) is 64.7 Å². The molecule has 0 aromatic heterocycles. The Morgan fingerprint density at radius 1 is 0.895 bits per heavy atom. The van der Waals surface area contributed by atoms with Crippen LogP contribution < -0.4 is 5.43 Å². The van der Waals surface area contributed by atoms with Crippen molar-refractivity contribution in [2.45, 2.75) is 70.8 Å². The van der Waals surface area contributed by atoms with E-state index in [1.165, 1.54) is 51.6 Å². The summed E-state index contributed by atoms with van der Waals surface area (Å²) in [6.07, 6.45) is 13.5. The molecule has 4 aliphatic carbocycles. The van der Waals surface area contributed by atoms with Crippen molar-refractivity contribution in [2.24, 2.45) is 23.2 Å². The first-order valence-electron chi connectivity index (χ1n) is 8.75. The molecule has 4 saturated carbocycles. The first-order valence-corrected chi connectivity index (χ1v) is 8.75. The predicted molar refractivity (Wildman–Crippen MR) is 78.6 cm³/mol. The largest absolute Gasteiger partial charge is 0.252 e. The molecule has 4 bridgehead atoms. The molecule has 0 amide bonds. The summed E-state index contributed by atoms with van der Waals surface area (Å²) in [5.41, 5.74) is 4.57. The van der Waals surface area contributed by atoms with Crippen LogP contribution in [0.25, 0.3) is 0 Å². The third-order valence-corrected chi connectivity index (χ3v) is 6.74. The van der Waals surface area contributed by atoms with Gasteiger partial charge in [0, 0.05) is 19.1 Å². The van der Waals surface area contributed by atoms with Crippen LogP contribution in [-0.4, -0.2) is 24.1 Å².